The van der Waals surface area contributed by atoms with Crippen LogP contribution in [0.2, 0.25) is 0 Å². The molecule has 9 aromatic rings. The third-order valence-electron chi connectivity index (χ3n) is 8.72. The highest BCUT2D eigenvalue weighted by Crippen LogP contribution is 2.51. The van der Waals surface area contributed by atoms with Gasteiger partial charge >= 0.3 is 0 Å². The maximum absolute atomic E-state index is 2.42. The topological polar surface area (TPSA) is 0 Å². The second kappa shape index (κ2) is 8.15. The Morgan fingerprint density at radius 2 is 0.650 bits per heavy atom. The molecule has 184 valence electrons. The highest BCUT2D eigenvalue weighted by atomic mass is 14.3. The van der Waals surface area contributed by atoms with E-state index in [9.17, 15) is 0 Å². The Morgan fingerprint density at radius 1 is 0.250 bits per heavy atom. The van der Waals surface area contributed by atoms with Crippen molar-refractivity contribution >= 4 is 64.6 Å². The zero-order valence-electron chi connectivity index (χ0n) is 21.9. The van der Waals surface area contributed by atoms with Crippen LogP contribution in [0.25, 0.3) is 86.9 Å². The van der Waals surface area contributed by atoms with Gasteiger partial charge in [-0.3, -0.25) is 0 Å². The molecule has 0 radical (unpaired) electrons. The van der Waals surface area contributed by atoms with Crippen LogP contribution in [0.15, 0.2) is 146 Å². The Labute approximate surface area is 232 Å². The number of fused-ring (bicyclic) bond motifs is 5. The maximum atomic E-state index is 2.42. The van der Waals surface area contributed by atoms with Gasteiger partial charge in [0.1, 0.15) is 0 Å². The molecular formula is C40H24. The van der Waals surface area contributed by atoms with Crippen LogP contribution in [0.4, 0.5) is 0 Å². The molecule has 0 atom stereocenters. The molecule has 0 aliphatic rings. The summed E-state index contributed by atoms with van der Waals surface area (Å²) in [6.45, 7) is 0. The van der Waals surface area contributed by atoms with Gasteiger partial charge < -0.3 is 0 Å². The summed E-state index contributed by atoms with van der Waals surface area (Å²) in [6, 6.07) is 53.8. The quantitative estimate of drug-likeness (QED) is 0.162. The van der Waals surface area contributed by atoms with E-state index in [1.165, 1.54) is 86.9 Å². The van der Waals surface area contributed by atoms with Crippen molar-refractivity contribution in [2.75, 3.05) is 0 Å². The van der Waals surface area contributed by atoms with Crippen molar-refractivity contribution in [3.63, 3.8) is 0 Å². The average Bonchev–Trinajstić information content (AvgIpc) is 3.02. The van der Waals surface area contributed by atoms with Crippen LogP contribution in [0.1, 0.15) is 0 Å². The minimum absolute atomic E-state index is 1.25. The predicted molar refractivity (Wildman–Crippen MR) is 174 cm³/mol. The molecule has 40 heavy (non-hydrogen) atoms. The smallest absolute Gasteiger partial charge is 0.000741 e. The molecule has 0 unspecified atom stereocenters. The fourth-order valence-corrected chi connectivity index (χ4v) is 7.09. The number of rotatable bonds is 2. The summed E-state index contributed by atoms with van der Waals surface area (Å²) in [4.78, 5) is 0. The van der Waals surface area contributed by atoms with Gasteiger partial charge in [-0.1, -0.05) is 133 Å². The number of hydrogen-bond acceptors (Lipinski definition) is 0. The van der Waals surface area contributed by atoms with Crippen molar-refractivity contribution in [2.24, 2.45) is 0 Å². The highest BCUT2D eigenvalue weighted by molar-refractivity contribution is 6.41. The van der Waals surface area contributed by atoms with Crippen LogP contribution in [-0.4, -0.2) is 0 Å². The Morgan fingerprint density at radius 3 is 1.10 bits per heavy atom. The van der Waals surface area contributed by atoms with E-state index in [0.717, 1.165) is 0 Å². The van der Waals surface area contributed by atoms with Gasteiger partial charge in [-0.15, -0.1) is 0 Å². The van der Waals surface area contributed by atoms with E-state index >= 15 is 0 Å². The van der Waals surface area contributed by atoms with Crippen molar-refractivity contribution in [1.82, 2.24) is 0 Å². The van der Waals surface area contributed by atoms with Crippen molar-refractivity contribution in [3.8, 4) is 22.3 Å². The minimum atomic E-state index is 1.25. The summed E-state index contributed by atoms with van der Waals surface area (Å²) in [7, 11) is 0. The van der Waals surface area contributed by atoms with Gasteiger partial charge in [0, 0.05) is 0 Å². The molecule has 0 amide bonds. The van der Waals surface area contributed by atoms with E-state index in [2.05, 4.69) is 146 Å². The molecule has 0 fully saturated rings. The van der Waals surface area contributed by atoms with Gasteiger partial charge in [0.15, 0.2) is 0 Å². The summed E-state index contributed by atoms with van der Waals surface area (Å²) in [5, 5.41) is 15.8. The Balaban J connectivity index is 1.70. The Kier molecular flexibility index (Phi) is 4.42. The normalized spacial score (nSPS) is 12.0. The lowest BCUT2D eigenvalue weighted by molar-refractivity contribution is 1.67. The van der Waals surface area contributed by atoms with Gasteiger partial charge in [0.2, 0.25) is 0 Å². The van der Waals surface area contributed by atoms with E-state index in [0.29, 0.717) is 0 Å². The lowest BCUT2D eigenvalue weighted by Crippen LogP contribution is -1.95. The molecule has 0 spiro atoms. The first kappa shape index (κ1) is 21.7. The lowest BCUT2D eigenvalue weighted by Gasteiger charge is -2.23. The summed E-state index contributed by atoms with van der Waals surface area (Å²) in [5.41, 5.74) is 5.13. The monoisotopic (exact) mass is 504 g/mol. The zero-order chi connectivity index (χ0) is 26.2. The maximum Gasteiger partial charge on any atom is -0.000741 e. The van der Waals surface area contributed by atoms with Gasteiger partial charge in [0.05, 0.1) is 0 Å². The van der Waals surface area contributed by atoms with Crippen LogP contribution >= 0.6 is 0 Å². The van der Waals surface area contributed by atoms with E-state index in [1.54, 1.807) is 0 Å². The van der Waals surface area contributed by atoms with Gasteiger partial charge in [-0.05, 0) is 99.0 Å². The summed E-state index contributed by atoms with van der Waals surface area (Å²) in [6.07, 6.45) is 0. The molecule has 0 aliphatic carbocycles. The molecule has 0 aliphatic heterocycles. The van der Waals surface area contributed by atoms with Gasteiger partial charge in [0.25, 0.3) is 0 Å². The van der Waals surface area contributed by atoms with Crippen LogP contribution in [0.5, 0.6) is 0 Å². The summed E-state index contributed by atoms with van der Waals surface area (Å²) >= 11 is 0. The van der Waals surface area contributed by atoms with Crippen LogP contribution < -0.4 is 0 Å². The van der Waals surface area contributed by atoms with Crippen LogP contribution in [0, 0.1) is 0 Å². The highest BCUT2D eigenvalue weighted by Gasteiger charge is 2.23. The minimum Gasteiger partial charge on any atom is -0.0622 e. The fraction of sp³-hybridized carbons (Fsp3) is 0. The van der Waals surface area contributed by atoms with E-state index in [1.807, 2.05) is 0 Å². The second-order valence-corrected chi connectivity index (χ2v) is 10.8. The zero-order valence-corrected chi connectivity index (χ0v) is 21.9. The Hall–Kier alpha value is -5.20. The molecule has 0 saturated carbocycles. The SMILES string of the molecule is c1ccc(-c2c3cc4ccccc4cc3c(-c3ccccc3)c3c4cccc5ccc6cccc(c23)c6c54)cc1. The van der Waals surface area contributed by atoms with E-state index in [-0.39, 0.29) is 0 Å². The standard InChI is InChI=1S/C40H24/c1-3-11-25(12-4-1)37-33-23-29-15-7-8-16-30(29)24-34(33)38(26-13-5-2-6-14-26)40-32-20-10-18-28-22-21-27-17-9-19-31(39(37)40)35(27)36(28)32/h1-24H. The third-order valence-corrected chi connectivity index (χ3v) is 8.72. The molecule has 9 aromatic carbocycles. The first-order chi connectivity index (χ1) is 19.9. The first-order valence-electron chi connectivity index (χ1n) is 14.0. The largest absolute Gasteiger partial charge is 0.0622 e. The molecular weight excluding hydrogens is 480 g/mol. The first-order valence-corrected chi connectivity index (χ1v) is 14.0. The van der Waals surface area contributed by atoms with Crippen molar-refractivity contribution in [2.45, 2.75) is 0 Å². The molecule has 0 saturated heterocycles. The number of benzene rings is 9. The van der Waals surface area contributed by atoms with E-state index in [4.69, 9.17) is 0 Å². The average molecular weight is 505 g/mol. The van der Waals surface area contributed by atoms with Crippen molar-refractivity contribution in [3.05, 3.63) is 146 Å². The molecule has 0 heterocycles. The Bertz CT molecular complexity index is 2230. The predicted octanol–water partition coefficient (Wildman–Crippen LogP) is 11.4. The molecule has 0 N–H and O–H groups in total. The van der Waals surface area contributed by atoms with Crippen molar-refractivity contribution < 1.29 is 0 Å². The summed E-state index contributed by atoms with van der Waals surface area (Å²) in [5.74, 6) is 0. The molecule has 0 bridgehead atoms. The van der Waals surface area contributed by atoms with Gasteiger partial charge in [-0.2, -0.15) is 0 Å². The van der Waals surface area contributed by atoms with Crippen LogP contribution in [-0.2, 0) is 0 Å². The molecule has 9 rings (SSSR count). The second-order valence-electron chi connectivity index (χ2n) is 10.8. The third kappa shape index (κ3) is 2.91. The molecule has 0 nitrogen and oxygen atoms in total. The number of hydrogen-bond donors (Lipinski definition) is 0. The lowest BCUT2D eigenvalue weighted by atomic mass is 9.80. The van der Waals surface area contributed by atoms with Crippen molar-refractivity contribution in [1.29, 1.82) is 0 Å². The van der Waals surface area contributed by atoms with Crippen LogP contribution in [0.3, 0.4) is 0 Å². The van der Waals surface area contributed by atoms with E-state index < -0.39 is 0 Å². The molecule has 0 heteroatoms. The summed E-state index contributed by atoms with van der Waals surface area (Å²) < 4.78 is 0. The molecule has 0 aromatic heterocycles. The fourth-order valence-electron chi connectivity index (χ4n) is 7.09. The van der Waals surface area contributed by atoms with Gasteiger partial charge in [-0.25, -0.2) is 0 Å².